The molecule has 0 aromatic heterocycles. The van der Waals surface area contributed by atoms with Crippen LogP contribution in [0.2, 0.25) is 0 Å². The van der Waals surface area contributed by atoms with E-state index >= 15 is 0 Å². The van der Waals surface area contributed by atoms with Crippen molar-refractivity contribution in [3.63, 3.8) is 0 Å². The van der Waals surface area contributed by atoms with E-state index in [-0.39, 0.29) is 5.41 Å². The second-order valence-corrected chi connectivity index (χ2v) is 7.29. The second kappa shape index (κ2) is 3.27. The van der Waals surface area contributed by atoms with Crippen LogP contribution in [0.5, 0.6) is 0 Å². The minimum absolute atomic E-state index is 0.384. The van der Waals surface area contributed by atoms with Gasteiger partial charge in [-0.05, 0) is 68.1 Å². The standard InChI is InChI=1S/C15H24O2/c1-9-6-11(15(4-5-15)10(9)2)7-12-8-14(12,3)13(16)17/h9-12H,4-8H2,1-3H3,(H,16,17). The van der Waals surface area contributed by atoms with Gasteiger partial charge in [0, 0.05) is 0 Å². The number of carboxylic acid groups (broad SMARTS) is 1. The number of rotatable bonds is 3. The zero-order valence-corrected chi connectivity index (χ0v) is 11.2. The van der Waals surface area contributed by atoms with Crippen molar-refractivity contribution in [1.29, 1.82) is 0 Å². The summed E-state index contributed by atoms with van der Waals surface area (Å²) < 4.78 is 0. The topological polar surface area (TPSA) is 37.3 Å². The first-order valence-electron chi connectivity index (χ1n) is 7.13. The first kappa shape index (κ1) is 11.6. The van der Waals surface area contributed by atoms with Crippen LogP contribution in [-0.4, -0.2) is 11.1 Å². The third-order valence-corrected chi connectivity index (χ3v) is 6.53. The third kappa shape index (κ3) is 1.49. The summed E-state index contributed by atoms with van der Waals surface area (Å²) in [5, 5.41) is 9.21. The molecule has 0 bridgehead atoms. The molecule has 0 aliphatic heterocycles. The van der Waals surface area contributed by atoms with Crippen LogP contribution in [0, 0.1) is 34.5 Å². The molecule has 5 atom stereocenters. The zero-order chi connectivity index (χ0) is 12.4. The van der Waals surface area contributed by atoms with Gasteiger partial charge in [-0.1, -0.05) is 13.8 Å². The van der Waals surface area contributed by atoms with Crippen LogP contribution in [0.1, 0.15) is 52.9 Å². The minimum Gasteiger partial charge on any atom is -0.481 e. The fourth-order valence-corrected chi connectivity index (χ4v) is 4.57. The molecule has 2 heteroatoms. The predicted octanol–water partition coefficient (Wildman–Crippen LogP) is 3.56. The zero-order valence-electron chi connectivity index (χ0n) is 11.2. The molecule has 0 amide bonds. The lowest BCUT2D eigenvalue weighted by molar-refractivity contribution is -0.143. The molecule has 0 radical (unpaired) electrons. The molecule has 0 aromatic rings. The van der Waals surface area contributed by atoms with E-state index in [2.05, 4.69) is 13.8 Å². The van der Waals surface area contributed by atoms with Crippen molar-refractivity contribution >= 4 is 5.97 Å². The molecule has 0 saturated heterocycles. The average Bonchev–Trinajstić information content (AvgIpc) is 3.12. The Morgan fingerprint density at radius 1 is 1.29 bits per heavy atom. The van der Waals surface area contributed by atoms with Gasteiger partial charge in [0.2, 0.25) is 0 Å². The van der Waals surface area contributed by atoms with E-state index in [0.29, 0.717) is 11.3 Å². The maximum Gasteiger partial charge on any atom is 0.309 e. The van der Waals surface area contributed by atoms with Gasteiger partial charge in [-0.3, -0.25) is 4.79 Å². The molecule has 3 fully saturated rings. The molecule has 3 rings (SSSR count). The van der Waals surface area contributed by atoms with E-state index in [4.69, 9.17) is 0 Å². The number of carbonyl (C=O) groups is 1. The molecule has 96 valence electrons. The van der Waals surface area contributed by atoms with Gasteiger partial charge in [-0.25, -0.2) is 0 Å². The molecule has 3 saturated carbocycles. The van der Waals surface area contributed by atoms with E-state index in [1.807, 2.05) is 6.92 Å². The molecule has 3 aliphatic rings. The van der Waals surface area contributed by atoms with Crippen LogP contribution in [0.25, 0.3) is 0 Å². The Morgan fingerprint density at radius 3 is 2.41 bits per heavy atom. The number of hydrogen-bond acceptors (Lipinski definition) is 1. The van der Waals surface area contributed by atoms with Crippen LogP contribution in [0.4, 0.5) is 0 Å². The van der Waals surface area contributed by atoms with E-state index in [1.54, 1.807) is 0 Å². The normalized spacial score (nSPS) is 50.5. The van der Waals surface area contributed by atoms with Crippen molar-refractivity contribution in [2.24, 2.45) is 34.5 Å². The fourth-order valence-electron chi connectivity index (χ4n) is 4.57. The Kier molecular flexibility index (Phi) is 2.22. The molecule has 0 aromatic carbocycles. The molecule has 1 spiro atoms. The molecule has 0 heterocycles. The number of aliphatic carboxylic acids is 1. The first-order valence-corrected chi connectivity index (χ1v) is 7.13. The van der Waals surface area contributed by atoms with Crippen molar-refractivity contribution in [2.75, 3.05) is 0 Å². The molecule has 17 heavy (non-hydrogen) atoms. The highest BCUT2D eigenvalue weighted by molar-refractivity contribution is 5.78. The molecule has 2 nitrogen and oxygen atoms in total. The molecule has 3 aliphatic carbocycles. The van der Waals surface area contributed by atoms with Gasteiger partial charge in [-0.2, -0.15) is 0 Å². The Hall–Kier alpha value is -0.530. The average molecular weight is 236 g/mol. The summed E-state index contributed by atoms with van der Waals surface area (Å²) in [7, 11) is 0. The van der Waals surface area contributed by atoms with Crippen LogP contribution < -0.4 is 0 Å². The first-order chi connectivity index (χ1) is 7.90. The highest BCUT2D eigenvalue weighted by atomic mass is 16.4. The monoisotopic (exact) mass is 236 g/mol. The lowest BCUT2D eigenvalue weighted by Crippen LogP contribution is -2.19. The molecule has 1 N–H and O–H groups in total. The number of hydrogen-bond donors (Lipinski definition) is 1. The van der Waals surface area contributed by atoms with Crippen LogP contribution in [-0.2, 0) is 4.79 Å². The smallest absolute Gasteiger partial charge is 0.309 e. The Morgan fingerprint density at radius 2 is 1.94 bits per heavy atom. The summed E-state index contributed by atoms with van der Waals surface area (Å²) in [5.41, 5.74) is 0.243. The minimum atomic E-state index is -0.577. The predicted molar refractivity (Wildman–Crippen MR) is 66.6 cm³/mol. The lowest BCUT2D eigenvalue weighted by atomic mass is 9.82. The Bertz CT molecular complexity index is 358. The van der Waals surface area contributed by atoms with Crippen molar-refractivity contribution in [2.45, 2.75) is 52.9 Å². The summed E-state index contributed by atoms with van der Waals surface area (Å²) >= 11 is 0. The van der Waals surface area contributed by atoms with Crippen LogP contribution in [0.3, 0.4) is 0 Å². The van der Waals surface area contributed by atoms with Crippen molar-refractivity contribution in [3.8, 4) is 0 Å². The molecular formula is C15H24O2. The van der Waals surface area contributed by atoms with Crippen molar-refractivity contribution in [3.05, 3.63) is 0 Å². The van der Waals surface area contributed by atoms with Gasteiger partial charge in [0.05, 0.1) is 5.41 Å². The summed E-state index contributed by atoms with van der Waals surface area (Å²) in [4.78, 5) is 11.2. The fraction of sp³-hybridized carbons (Fsp3) is 0.933. The quantitative estimate of drug-likeness (QED) is 0.813. The highest BCUT2D eigenvalue weighted by Crippen LogP contribution is 2.69. The maximum atomic E-state index is 11.2. The highest BCUT2D eigenvalue weighted by Gasteiger charge is 2.63. The lowest BCUT2D eigenvalue weighted by Gasteiger charge is -2.23. The number of carboxylic acids is 1. The van der Waals surface area contributed by atoms with E-state index in [1.165, 1.54) is 25.7 Å². The van der Waals surface area contributed by atoms with E-state index in [9.17, 15) is 9.90 Å². The Balaban J connectivity index is 1.67. The van der Waals surface area contributed by atoms with Crippen LogP contribution in [0.15, 0.2) is 0 Å². The van der Waals surface area contributed by atoms with Gasteiger partial charge >= 0.3 is 5.97 Å². The van der Waals surface area contributed by atoms with Gasteiger partial charge < -0.3 is 5.11 Å². The summed E-state index contributed by atoms with van der Waals surface area (Å²) in [6.45, 7) is 6.73. The Labute approximate surface area is 104 Å². The van der Waals surface area contributed by atoms with Gasteiger partial charge in [0.15, 0.2) is 0 Å². The third-order valence-electron chi connectivity index (χ3n) is 6.53. The SMILES string of the molecule is CC1CC(CC2CC2(C)C(=O)O)C2(CC2)C1C. The van der Waals surface area contributed by atoms with Crippen molar-refractivity contribution in [1.82, 2.24) is 0 Å². The van der Waals surface area contributed by atoms with Gasteiger partial charge in [-0.15, -0.1) is 0 Å². The van der Waals surface area contributed by atoms with Crippen molar-refractivity contribution < 1.29 is 9.90 Å². The van der Waals surface area contributed by atoms with Crippen LogP contribution >= 0.6 is 0 Å². The van der Waals surface area contributed by atoms with Gasteiger partial charge in [0.1, 0.15) is 0 Å². The largest absolute Gasteiger partial charge is 0.481 e. The van der Waals surface area contributed by atoms with E-state index < -0.39 is 5.97 Å². The molecule has 5 unspecified atom stereocenters. The second-order valence-electron chi connectivity index (χ2n) is 7.29. The van der Waals surface area contributed by atoms with E-state index in [0.717, 1.165) is 24.2 Å². The van der Waals surface area contributed by atoms with Gasteiger partial charge in [0.25, 0.3) is 0 Å². The summed E-state index contributed by atoms with van der Waals surface area (Å²) in [6.07, 6.45) is 6.24. The molecular weight excluding hydrogens is 212 g/mol. The maximum absolute atomic E-state index is 11.2. The summed E-state index contributed by atoms with van der Waals surface area (Å²) in [6, 6.07) is 0. The summed E-state index contributed by atoms with van der Waals surface area (Å²) in [5.74, 6) is 2.41.